The summed E-state index contributed by atoms with van der Waals surface area (Å²) < 4.78 is 11.1. The molecule has 1 aliphatic heterocycles. The van der Waals surface area contributed by atoms with Crippen LogP contribution < -0.4 is 5.32 Å². The largest absolute Gasteiger partial charge is 0.381 e. The molecule has 1 saturated heterocycles. The highest BCUT2D eigenvalue weighted by molar-refractivity contribution is 5.11. The minimum Gasteiger partial charge on any atom is -0.381 e. The maximum Gasteiger partial charge on any atom is 0.160 e. The number of methoxy groups -OCH3 is 1. The predicted octanol–water partition coefficient (Wildman–Crippen LogP) is 1.38. The lowest BCUT2D eigenvalue weighted by molar-refractivity contribution is -0.1000. The van der Waals surface area contributed by atoms with Crippen LogP contribution in [-0.2, 0) is 21.6 Å². The lowest BCUT2D eigenvalue weighted by atomic mass is 9.93. The van der Waals surface area contributed by atoms with Gasteiger partial charge in [-0.2, -0.15) is 0 Å². The highest BCUT2D eigenvalue weighted by Gasteiger charge is 2.37. The van der Waals surface area contributed by atoms with E-state index in [1.165, 1.54) is 12.8 Å². The summed E-state index contributed by atoms with van der Waals surface area (Å²) in [4.78, 5) is 9.02. The summed E-state index contributed by atoms with van der Waals surface area (Å²) in [7, 11) is 1.73. The van der Waals surface area contributed by atoms with Crippen molar-refractivity contribution in [2.45, 2.75) is 43.9 Å². The van der Waals surface area contributed by atoms with E-state index in [9.17, 15) is 0 Å². The second-order valence-electron chi connectivity index (χ2n) is 5.38. The van der Waals surface area contributed by atoms with E-state index in [2.05, 4.69) is 15.3 Å². The summed E-state index contributed by atoms with van der Waals surface area (Å²) in [5.41, 5.74) is 0.773. The molecule has 0 bridgehead atoms. The van der Waals surface area contributed by atoms with Crippen molar-refractivity contribution in [1.82, 2.24) is 15.3 Å². The molecule has 2 fully saturated rings. The van der Waals surface area contributed by atoms with Crippen molar-refractivity contribution in [3.63, 3.8) is 0 Å². The van der Waals surface area contributed by atoms with Crippen molar-refractivity contribution in [2.24, 2.45) is 0 Å². The zero-order chi connectivity index (χ0) is 13.1. The zero-order valence-electron chi connectivity index (χ0n) is 11.4. The van der Waals surface area contributed by atoms with Crippen LogP contribution in [0, 0.1) is 0 Å². The summed E-state index contributed by atoms with van der Waals surface area (Å²) >= 11 is 0. The fourth-order valence-corrected chi connectivity index (χ4v) is 2.45. The van der Waals surface area contributed by atoms with Gasteiger partial charge in [-0.05, 0) is 12.8 Å². The number of rotatable bonds is 5. The number of aromatic nitrogens is 2. The summed E-state index contributed by atoms with van der Waals surface area (Å²) in [5, 5.41) is 3.46. The summed E-state index contributed by atoms with van der Waals surface area (Å²) in [6.45, 7) is 2.28. The van der Waals surface area contributed by atoms with E-state index in [1.54, 1.807) is 7.11 Å². The normalized spacial score (nSPS) is 22.4. The van der Waals surface area contributed by atoms with Gasteiger partial charge in [0.1, 0.15) is 5.60 Å². The molecule has 1 aromatic heterocycles. The SMILES string of the molecule is COC1(c2ncc(CNC3CC3)cn2)CCOCC1. The zero-order valence-corrected chi connectivity index (χ0v) is 11.4. The fourth-order valence-electron chi connectivity index (χ4n) is 2.45. The lowest BCUT2D eigenvalue weighted by Gasteiger charge is -2.34. The molecule has 5 heteroatoms. The van der Waals surface area contributed by atoms with Crippen LogP contribution in [0.5, 0.6) is 0 Å². The lowest BCUT2D eigenvalue weighted by Crippen LogP contribution is -2.37. The first-order valence-electron chi connectivity index (χ1n) is 7.00. The summed E-state index contributed by atoms with van der Waals surface area (Å²) in [6, 6.07) is 0.709. The van der Waals surface area contributed by atoms with Gasteiger partial charge in [-0.15, -0.1) is 0 Å². The molecule has 2 heterocycles. The molecule has 2 aliphatic rings. The highest BCUT2D eigenvalue weighted by atomic mass is 16.5. The van der Waals surface area contributed by atoms with E-state index < -0.39 is 0 Å². The Morgan fingerprint density at radius 1 is 1.32 bits per heavy atom. The van der Waals surface area contributed by atoms with Gasteiger partial charge in [-0.3, -0.25) is 0 Å². The van der Waals surface area contributed by atoms with Crippen molar-refractivity contribution in [2.75, 3.05) is 20.3 Å². The third kappa shape index (κ3) is 2.94. The molecule has 0 amide bonds. The van der Waals surface area contributed by atoms with Gasteiger partial charge >= 0.3 is 0 Å². The number of hydrogen-bond acceptors (Lipinski definition) is 5. The first kappa shape index (κ1) is 13.0. The average molecular weight is 263 g/mol. The van der Waals surface area contributed by atoms with Crippen LogP contribution in [0.15, 0.2) is 12.4 Å². The van der Waals surface area contributed by atoms with Gasteiger partial charge < -0.3 is 14.8 Å². The van der Waals surface area contributed by atoms with Crippen LogP contribution in [0.1, 0.15) is 37.1 Å². The van der Waals surface area contributed by atoms with Crippen LogP contribution in [0.3, 0.4) is 0 Å². The van der Waals surface area contributed by atoms with Crippen molar-refractivity contribution in [1.29, 1.82) is 0 Å². The Hall–Kier alpha value is -1.04. The van der Waals surface area contributed by atoms with E-state index in [0.717, 1.165) is 30.8 Å². The van der Waals surface area contributed by atoms with E-state index in [4.69, 9.17) is 9.47 Å². The summed E-state index contributed by atoms with van der Waals surface area (Å²) in [5.74, 6) is 0.786. The van der Waals surface area contributed by atoms with Crippen LogP contribution in [-0.4, -0.2) is 36.3 Å². The number of hydrogen-bond donors (Lipinski definition) is 1. The first-order chi connectivity index (χ1) is 9.32. The van der Waals surface area contributed by atoms with Crippen molar-refractivity contribution in [3.05, 3.63) is 23.8 Å². The standard InChI is InChI=1S/C14H21N3O2/c1-18-14(4-6-19-7-5-14)13-16-9-11(10-17-13)8-15-12-2-3-12/h9-10,12,15H,2-8H2,1H3. The average Bonchev–Trinajstić information content (AvgIpc) is 3.31. The maximum atomic E-state index is 5.69. The fraction of sp³-hybridized carbons (Fsp3) is 0.714. The van der Waals surface area contributed by atoms with E-state index in [1.807, 2.05) is 12.4 Å². The molecular formula is C14H21N3O2. The van der Waals surface area contributed by atoms with Crippen LogP contribution in [0.4, 0.5) is 0 Å². The second kappa shape index (κ2) is 5.53. The molecule has 0 radical (unpaired) electrons. The number of ether oxygens (including phenoxy) is 2. The Balaban J connectivity index is 1.68. The minimum absolute atomic E-state index is 0.360. The topological polar surface area (TPSA) is 56.3 Å². The van der Waals surface area contributed by atoms with Gasteiger partial charge in [-0.25, -0.2) is 9.97 Å². The van der Waals surface area contributed by atoms with Gasteiger partial charge in [0.15, 0.2) is 5.82 Å². The molecule has 0 unspecified atom stereocenters. The van der Waals surface area contributed by atoms with Gasteiger partial charge in [0.25, 0.3) is 0 Å². The molecule has 1 aliphatic carbocycles. The van der Waals surface area contributed by atoms with E-state index in [0.29, 0.717) is 19.3 Å². The smallest absolute Gasteiger partial charge is 0.160 e. The molecule has 1 saturated carbocycles. The van der Waals surface area contributed by atoms with Crippen molar-refractivity contribution < 1.29 is 9.47 Å². The third-order valence-electron chi connectivity index (χ3n) is 3.98. The van der Waals surface area contributed by atoms with E-state index in [-0.39, 0.29) is 5.60 Å². The molecule has 104 valence electrons. The molecule has 19 heavy (non-hydrogen) atoms. The summed E-state index contributed by atoms with van der Waals surface area (Å²) in [6.07, 6.45) is 8.06. The maximum absolute atomic E-state index is 5.69. The quantitative estimate of drug-likeness (QED) is 0.869. The van der Waals surface area contributed by atoms with Crippen LogP contribution in [0.25, 0.3) is 0 Å². The predicted molar refractivity (Wildman–Crippen MR) is 70.6 cm³/mol. The second-order valence-corrected chi connectivity index (χ2v) is 5.38. The minimum atomic E-state index is -0.360. The van der Waals surface area contributed by atoms with Crippen molar-refractivity contribution >= 4 is 0 Å². The molecular weight excluding hydrogens is 242 g/mol. The Labute approximate surface area is 113 Å². The Kier molecular flexibility index (Phi) is 3.77. The Bertz CT molecular complexity index is 411. The van der Waals surface area contributed by atoms with Crippen molar-refractivity contribution in [3.8, 4) is 0 Å². The van der Waals surface area contributed by atoms with Crippen LogP contribution in [0.2, 0.25) is 0 Å². The Morgan fingerprint density at radius 2 is 2.00 bits per heavy atom. The molecule has 3 rings (SSSR count). The third-order valence-corrected chi connectivity index (χ3v) is 3.98. The van der Waals surface area contributed by atoms with Gasteiger partial charge in [0, 0.05) is 63.7 Å². The molecule has 1 N–H and O–H groups in total. The highest BCUT2D eigenvalue weighted by Crippen LogP contribution is 2.32. The number of nitrogens with one attached hydrogen (secondary N) is 1. The number of nitrogens with zero attached hydrogens (tertiary/aromatic N) is 2. The monoisotopic (exact) mass is 263 g/mol. The molecule has 0 atom stereocenters. The Morgan fingerprint density at radius 3 is 2.58 bits per heavy atom. The molecule has 1 aromatic rings. The van der Waals surface area contributed by atoms with Gasteiger partial charge in [0.2, 0.25) is 0 Å². The van der Waals surface area contributed by atoms with Gasteiger partial charge in [0.05, 0.1) is 0 Å². The van der Waals surface area contributed by atoms with E-state index >= 15 is 0 Å². The van der Waals surface area contributed by atoms with Crippen LogP contribution >= 0.6 is 0 Å². The van der Waals surface area contributed by atoms with Gasteiger partial charge in [-0.1, -0.05) is 0 Å². The molecule has 0 aromatic carbocycles. The first-order valence-corrected chi connectivity index (χ1v) is 7.00. The molecule has 0 spiro atoms. The molecule has 5 nitrogen and oxygen atoms in total.